The number of aliphatic hydroxyl groups is 1. The Labute approximate surface area is 135 Å². The highest BCUT2D eigenvalue weighted by Gasteiger charge is 2.25. The first-order valence-corrected chi connectivity index (χ1v) is 7.75. The molecule has 23 heavy (non-hydrogen) atoms. The van der Waals surface area contributed by atoms with Crippen molar-refractivity contribution in [3.05, 3.63) is 53.2 Å². The van der Waals surface area contributed by atoms with Gasteiger partial charge in [-0.15, -0.1) is 0 Å². The molecule has 118 valence electrons. The zero-order valence-electron chi connectivity index (χ0n) is 11.9. The fourth-order valence-corrected chi connectivity index (χ4v) is 3.03. The third kappa shape index (κ3) is 2.88. The summed E-state index contributed by atoms with van der Waals surface area (Å²) in [5.41, 5.74) is 2.60. The highest BCUT2D eigenvalue weighted by molar-refractivity contribution is 7.08. The van der Waals surface area contributed by atoms with E-state index < -0.39 is 18.6 Å². The van der Waals surface area contributed by atoms with Crippen LogP contribution in [0.25, 0.3) is 22.5 Å². The Morgan fingerprint density at radius 1 is 1.26 bits per heavy atom. The molecule has 2 aromatic heterocycles. The number of aromatic nitrogens is 2. The number of rotatable bonds is 5. The number of imidazole rings is 1. The third-order valence-electron chi connectivity index (χ3n) is 3.50. The number of nitrogens with zero attached hydrogens (tertiary/aromatic N) is 2. The minimum atomic E-state index is -1.15. The van der Waals surface area contributed by atoms with E-state index in [1.807, 2.05) is 16.8 Å². The summed E-state index contributed by atoms with van der Waals surface area (Å²) in [5, 5.41) is 22.5. The Bertz CT molecular complexity index is 812. The van der Waals surface area contributed by atoms with Crippen molar-refractivity contribution in [1.82, 2.24) is 9.55 Å². The van der Waals surface area contributed by atoms with Crippen LogP contribution in [0.1, 0.15) is 6.04 Å². The average molecular weight is 332 g/mol. The summed E-state index contributed by atoms with van der Waals surface area (Å²) in [5.74, 6) is -1.50. The number of carboxylic acid groups (broad SMARTS) is 1. The monoisotopic (exact) mass is 332 g/mol. The Kier molecular flexibility index (Phi) is 4.22. The summed E-state index contributed by atoms with van der Waals surface area (Å²) in [7, 11) is 0. The maximum atomic E-state index is 13.1. The second-order valence-electron chi connectivity index (χ2n) is 4.90. The summed E-state index contributed by atoms with van der Waals surface area (Å²) >= 11 is 1.47. The normalized spacial score (nSPS) is 12.3. The maximum absolute atomic E-state index is 13.1. The lowest BCUT2D eigenvalue weighted by molar-refractivity contribution is -0.142. The molecule has 1 aromatic carbocycles. The van der Waals surface area contributed by atoms with Crippen LogP contribution in [0.3, 0.4) is 0 Å². The van der Waals surface area contributed by atoms with Gasteiger partial charge in [0.25, 0.3) is 0 Å². The fraction of sp³-hybridized carbons (Fsp3) is 0.125. The Balaban J connectivity index is 2.19. The topological polar surface area (TPSA) is 75.3 Å². The van der Waals surface area contributed by atoms with Crippen LogP contribution in [0.5, 0.6) is 0 Å². The van der Waals surface area contributed by atoms with E-state index in [9.17, 15) is 19.4 Å². The van der Waals surface area contributed by atoms with E-state index in [0.717, 1.165) is 5.56 Å². The molecule has 0 aliphatic rings. The first-order valence-electron chi connectivity index (χ1n) is 6.81. The van der Waals surface area contributed by atoms with Gasteiger partial charge in [-0.3, -0.25) is 0 Å². The van der Waals surface area contributed by atoms with Crippen molar-refractivity contribution < 1.29 is 19.4 Å². The molecule has 2 heterocycles. The number of halogens is 1. The third-order valence-corrected chi connectivity index (χ3v) is 4.18. The van der Waals surface area contributed by atoms with Gasteiger partial charge in [0.15, 0.2) is 6.04 Å². The summed E-state index contributed by atoms with van der Waals surface area (Å²) < 4.78 is 14.6. The molecule has 5 nitrogen and oxygen atoms in total. The molecule has 0 saturated heterocycles. The molecule has 0 bridgehead atoms. The Morgan fingerprint density at radius 3 is 2.57 bits per heavy atom. The lowest BCUT2D eigenvalue weighted by Crippen LogP contribution is -2.22. The number of aliphatic hydroxyl groups excluding tert-OH is 1. The SMILES string of the molecule is O=C(O)[C@@H](CO)n1cnc(-c2ccc(F)cc2)c1-c1ccsc1. The van der Waals surface area contributed by atoms with Gasteiger partial charge in [0, 0.05) is 16.5 Å². The van der Waals surface area contributed by atoms with Gasteiger partial charge in [0.05, 0.1) is 24.3 Å². The molecule has 0 aliphatic heterocycles. The van der Waals surface area contributed by atoms with Crippen LogP contribution in [-0.4, -0.2) is 32.3 Å². The van der Waals surface area contributed by atoms with Crippen molar-refractivity contribution in [2.75, 3.05) is 6.61 Å². The summed E-state index contributed by atoms with van der Waals surface area (Å²) in [6, 6.07) is 6.55. The van der Waals surface area contributed by atoms with Gasteiger partial charge in [-0.25, -0.2) is 14.2 Å². The minimum absolute atomic E-state index is 0.357. The van der Waals surface area contributed by atoms with Crippen LogP contribution in [0.4, 0.5) is 4.39 Å². The van der Waals surface area contributed by atoms with E-state index in [4.69, 9.17) is 0 Å². The molecular formula is C16H13FN2O3S. The summed E-state index contributed by atoms with van der Waals surface area (Å²) in [4.78, 5) is 15.7. The maximum Gasteiger partial charge on any atom is 0.329 e. The molecule has 0 saturated carbocycles. The Hall–Kier alpha value is -2.51. The van der Waals surface area contributed by atoms with Gasteiger partial charge in [0.1, 0.15) is 5.82 Å². The second-order valence-corrected chi connectivity index (χ2v) is 5.68. The van der Waals surface area contributed by atoms with E-state index in [2.05, 4.69) is 4.98 Å². The predicted octanol–water partition coefficient (Wildman–Crippen LogP) is 3.04. The molecule has 0 unspecified atom stereocenters. The quantitative estimate of drug-likeness (QED) is 0.753. The molecule has 0 aliphatic carbocycles. The number of aliphatic carboxylic acids is 1. The standard InChI is InChI=1S/C16H13FN2O3S/c17-12-3-1-10(2-4-12)14-15(11-5-6-23-8-11)19(9-18-14)13(7-20)16(21)22/h1-6,8-9,13,20H,7H2,(H,21,22)/t13-/m1/s1. The molecule has 0 radical (unpaired) electrons. The zero-order valence-corrected chi connectivity index (χ0v) is 12.7. The molecule has 0 spiro atoms. The highest BCUT2D eigenvalue weighted by Crippen LogP contribution is 2.34. The smallest absolute Gasteiger partial charge is 0.329 e. The molecule has 1 atom stereocenters. The molecule has 0 fully saturated rings. The number of hydrogen-bond donors (Lipinski definition) is 2. The lowest BCUT2D eigenvalue weighted by Gasteiger charge is -2.15. The largest absolute Gasteiger partial charge is 0.480 e. The molecule has 2 N–H and O–H groups in total. The van der Waals surface area contributed by atoms with Crippen LogP contribution < -0.4 is 0 Å². The van der Waals surface area contributed by atoms with Gasteiger partial charge in [0.2, 0.25) is 0 Å². The second kappa shape index (κ2) is 6.31. The van der Waals surface area contributed by atoms with E-state index >= 15 is 0 Å². The van der Waals surface area contributed by atoms with Crippen molar-refractivity contribution in [2.24, 2.45) is 0 Å². The Morgan fingerprint density at radius 2 is 2.00 bits per heavy atom. The highest BCUT2D eigenvalue weighted by atomic mass is 32.1. The van der Waals surface area contributed by atoms with Crippen LogP contribution in [0, 0.1) is 5.82 Å². The molecular weight excluding hydrogens is 319 g/mol. The van der Waals surface area contributed by atoms with Gasteiger partial charge in [-0.05, 0) is 35.7 Å². The van der Waals surface area contributed by atoms with Crippen molar-refractivity contribution in [1.29, 1.82) is 0 Å². The van der Waals surface area contributed by atoms with E-state index in [-0.39, 0.29) is 5.82 Å². The van der Waals surface area contributed by atoms with E-state index in [0.29, 0.717) is 17.0 Å². The molecule has 7 heteroatoms. The number of carboxylic acids is 1. The van der Waals surface area contributed by atoms with E-state index in [1.54, 1.807) is 12.1 Å². The van der Waals surface area contributed by atoms with Crippen LogP contribution in [-0.2, 0) is 4.79 Å². The first-order chi connectivity index (χ1) is 11.1. The van der Waals surface area contributed by atoms with Gasteiger partial charge in [-0.2, -0.15) is 11.3 Å². The van der Waals surface area contributed by atoms with Crippen molar-refractivity contribution in [3.63, 3.8) is 0 Å². The van der Waals surface area contributed by atoms with Crippen molar-refractivity contribution in [2.45, 2.75) is 6.04 Å². The first kappa shape index (κ1) is 15.4. The predicted molar refractivity (Wildman–Crippen MR) is 84.7 cm³/mol. The molecule has 0 amide bonds. The lowest BCUT2D eigenvalue weighted by atomic mass is 10.1. The average Bonchev–Trinajstić information content (AvgIpc) is 3.17. The van der Waals surface area contributed by atoms with E-state index in [1.165, 1.54) is 34.4 Å². The number of benzene rings is 1. The minimum Gasteiger partial charge on any atom is -0.480 e. The van der Waals surface area contributed by atoms with Gasteiger partial charge >= 0.3 is 5.97 Å². The molecule has 3 rings (SSSR count). The number of hydrogen-bond acceptors (Lipinski definition) is 4. The van der Waals surface area contributed by atoms with Crippen LogP contribution in [0.15, 0.2) is 47.4 Å². The van der Waals surface area contributed by atoms with Crippen LogP contribution >= 0.6 is 11.3 Å². The van der Waals surface area contributed by atoms with Crippen molar-refractivity contribution >= 4 is 17.3 Å². The number of thiophene rings is 1. The zero-order chi connectivity index (χ0) is 16.4. The van der Waals surface area contributed by atoms with Crippen LogP contribution in [0.2, 0.25) is 0 Å². The van der Waals surface area contributed by atoms with Gasteiger partial charge in [-0.1, -0.05) is 0 Å². The molecule has 3 aromatic rings. The fourth-order valence-electron chi connectivity index (χ4n) is 2.39. The number of carbonyl (C=O) groups is 1. The van der Waals surface area contributed by atoms with Crippen molar-refractivity contribution in [3.8, 4) is 22.5 Å². The summed E-state index contributed by atoms with van der Waals surface area (Å²) in [6.45, 7) is -0.550. The van der Waals surface area contributed by atoms with Gasteiger partial charge < -0.3 is 14.8 Å². The summed E-state index contributed by atoms with van der Waals surface area (Å²) in [6.07, 6.45) is 1.39.